The van der Waals surface area contributed by atoms with Crippen LogP contribution >= 0.6 is 0 Å². The van der Waals surface area contributed by atoms with Gasteiger partial charge in [0.05, 0.1) is 5.56 Å². The van der Waals surface area contributed by atoms with Crippen molar-refractivity contribution >= 4 is 0 Å². The molecular formula is C16H14F3N. The molecule has 3 rings (SSSR count). The van der Waals surface area contributed by atoms with E-state index in [2.05, 4.69) is 0 Å². The molecule has 2 N–H and O–H groups in total. The third-order valence-corrected chi connectivity index (χ3v) is 3.75. The van der Waals surface area contributed by atoms with E-state index in [4.69, 9.17) is 5.73 Å². The van der Waals surface area contributed by atoms with Crippen molar-refractivity contribution in [2.24, 2.45) is 5.73 Å². The summed E-state index contributed by atoms with van der Waals surface area (Å²) in [6.45, 7) is 0. The van der Waals surface area contributed by atoms with E-state index >= 15 is 0 Å². The zero-order valence-electron chi connectivity index (χ0n) is 10.7. The summed E-state index contributed by atoms with van der Waals surface area (Å²) >= 11 is 0. The van der Waals surface area contributed by atoms with Crippen LogP contribution in [0.1, 0.15) is 24.0 Å². The Labute approximate surface area is 115 Å². The number of alkyl halides is 3. The number of benzene rings is 2. The van der Waals surface area contributed by atoms with Crippen LogP contribution in [0.25, 0.3) is 11.1 Å². The summed E-state index contributed by atoms with van der Waals surface area (Å²) in [5, 5.41) is 0. The highest BCUT2D eigenvalue weighted by Gasteiger charge is 2.40. The van der Waals surface area contributed by atoms with Crippen molar-refractivity contribution in [1.29, 1.82) is 0 Å². The van der Waals surface area contributed by atoms with Crippen LogP contribution in [0.4, 0.5) is 13.2 Å². The molecule has 0 amide bonds. The lowest BCUT2D eigenvalue weighted by molar-refractivity contribution is -0.137. The Bertz CT molecular complexity index is 595. The first-order chi connectivity index (χ1) is 9.38. The average Bonchev–Trinajstić information content (AvgIpc) is 3.18. The van der Waals surface area contributed by atoms with Crippen LogP contribution in [0.2, 0.25) is 0 Å². The first-order valence-electron chi connectivity index (χ1n) is 6.46. The van der Waals surface area contributed by atoms with Crippen molar-refractivity contribution in [2.75, 3.05) is 0 Å². The molecule has 0 spiro atoms. The van der Waals surface area contributed by atoms with Gasteiger partial charge in [0.25, 0.3) is 0 Å². The summed E-state index contributed by atoms with van der Waals surface area (Å²) < 4.78 is 38.2. The van der Waals surface area contributed by atoms with Gasteiger partial charge in [-0.1, -0.05) is 30.3 Å². The Morgan fingerprint density at radius 1 is 0.900 bits per heavy atom. The second-order valence-electron chi connectivity index (χ2n) is 5.32. The SMILES string of the molecule is NC1(c2cccc(-c3cccc(C(F)(F)F)c3)c2)CC1. The van der Waals surface area contributed by atoms with Crippen molar-refractivity contribution < 1.29 is 13.2 Å². The van der Waals surface area contributed by atoms with Crippen LogP contribution in [0.15, 0.2) is 48.5 Å². The van der Waals surface area contributed by atoms with E-state index in [1.165, 1.54) is 12.1 Å². The molecular weight excluding hydrogens is 263 g/mol. The van der Waals surface area contributed by atoms with Gasteiger partial charge in [-0.05, 0) is 47.7 Å². The molecule has 0 unspecified atom stereocenters. The minimum absolute atomic E-state index is 0.280. The summed E-state index contributed by atoms with van der Waals surface area (Å²) in [6.07, 6.45) is -2.46. The molecule has 0 bridgehead atoms. The number of nitrogens with two attached hydrogens (primary N) is 1. The fraction of sp³-hybridized carbons (Fsp3) is 0.250. The molecule has 2 aromatic carbocycles. The number of hydrogen-bond donors (Lipinski definition) is 1. The van der Waals surface area contributed by atoms with Gasteiger partial charge in [0, 0.05) is 5.54 Å². The van der Waals surface area contributed by atoms with Crippen LogP contribution in [-0.2, 0) is 11.7 Å². The molecule has 0 atom stereocenters. The highest BCUT2D eigenvalue weighted by Crippen LogP contribution is 2.43. The van der Waals surface area contributed by atoms with Gasteiger partial charge in [-0.15, -0.1) is 0 Å². The van der Waals surface area contributed by atoms with Gasteiger partial charge in [0.2, 0.25) is 0 Å². The second kappa shape index (κ2) is 4.35. The minimum Gasteiger partial charge on any atom is -0.321 e. The maximum atomic E-state index is 12.7. The second-order valence-corrected chi connectivity index (χ2v) is 5.32. The quantitative estimate of drug-likeness (QED) is 0.869. The van der Waals surface area contributed by atoms with Gasteiger partial charge in [-0.25, -0.2) is 0 Å². The van der Waals surface area contributed by atoms with Crippen LogP contribution in [-0.4, -0.2) is 0 Å². The Hall–Kier alpha value is -1.81. The molecule has 0 aliphatic heterocycles. The summed E-state index contributed by atoms with van der Waals surface area (Å²) in [5.41, 5.74) is 7.55. The lowest BCUT2D eigenvalue weighted by atomic mass is 9.97. The van der Waals surface area contributed by atoms with Crippen molar-refractivity contribution in [1.82, 2.24) is 0 Å². The number of rotatable bonds is 2. The number of halogens is 3. The van der Waals surface area contributed by atoms with E-state index in [1.54, 1.807) is 6.07 Å². The largest absolute Gasteiger partial charge is 0.416 e. The third kappa shape index (κ3) is 2.43. The lowest BCUT2D eigenvalue weighted by Gasteiger charge is -2.12. The molecule has 4 heteroatoms. The van der Waals surface area contributed by atoms with E-state index in [9.17, 15) is 13.2 Å². The average molecular weight is 277 g/mol. The molecule has 2 aromatic rings. The van der Waals surface area contributed by atoms with E-state index < -0.39 is 11.7 Å². The molecule has 0 radical (unpaired) electrons. The molecule has 0 heterocycles. The van der Waals surface area contributed by atoms with Crippen molar-refractivity contribution in [3.63, 3.8) is 0 Å². The molecule has 0 aromatic heterocycles. The monoisotopic (exact) mass is 277 g/mol. The normalized spacial score (nSPS) is 17.0. The van der Waals surface area contributed by atoms with Crippen molar-refractivity contribution in [3.8, 4) is 11.1 Å². The fourth-order valence-electron chi connectivity index (χ4n) is 2.31. The zero-order chi connectivity index (χ0) is 14.4. The highest BCUT2D eigenvalue weighted by atomic mass is 19.4. The predicted molar refractivity (Wildman–Crippen MR) is 72.0 cm³/mol. The lowest BCUT2D eigenvalue weighted by Crippen LogP contribution is -2.18. The minimum atomic E-state index is -4.32. The summed E-state index contributed by atoms with van der Waals surface area (Å²) in [6, 6.07) is 12.9. The fourth-order valence-corrected chi connectivity index (χ4v) is 2.31. The summed E-state index contributed by atoms with van der Waals surface area (Å²) in [7, 11) is 0. The van der Waals surface area contributed by atoms with Crippen LogP contribution in [0, 0.1) is 0 Å². The first-order valence-corrected chi connectivity index (χ1v) is 6.46. The smallest absolute Gasteiger partial charge is 0.321 e. The molecule has 20 heavy (non-hydrogen) atoms. The Morgan fingerprint density at radius 2 is 1.50 bits per heavy atom. The maximum Gasteiger partial charge on any atom is 0.416 e. The molecule has 1 nitrogen and oxygen atoms in total. The van der Waals surface area contributed by atoms with Crippen molar-refractivity contribution in [3.05, 3.63) is 59.7 Å². The Kier molecular flexibility index (Phi) is 2.87. The summed E-state index contributed by atoms with van der Waals surface area (Å²) in [5.74, 6) is 0. The van der Waals surface area contributed by atoms with E-state index in [0.29, 0.717) is 5.56 Å². The van der Waals surface area contributed by atoms with Gasteiger partial charge in [-0.3, -0.25) is 0 Å². The van der Waals surface area contributed by atoms with Gasteiger partial charge in [0.1, 0.15) is 0 Å². The molecule has 1 aliphatic rings. The summed E-state index contributed by atoms with van der Waals surface area (Å²) in [4.78, 5) is 0. The standard InChI is InChI=1S/C16H14F3N/c17-16(18,19)14-6-2-4-12(10-14)11-3-1-5-13(9-11)15(20)7-8-15/h1-6,9-10H,7-8,20H2. The van der Waals surface area contributed by atoms with Gasteiger partial charge in [-0.2, -0.15) is 13.2 Å². The molecule has 1 aliphatic carbocycles. The highest BCUT2D eigenvalue weighted by molar-refractivity contribution is 5.65. The van der Waals surface area contributed by atoms with Crippen LogP contribution in [0.3, 0.4) is 0 Å². The van der Waals surface area contributed by atoms with E-state index in [0.717, 1.165) is 30.0 Å². The molecule has 104 valence electrons. The van der Waals surface area contributed by atoms with Gasteiger partial charge >= 0.3 is 6.18 Å². The van der Waals surface area contributed by atoms with E-state index in [-0.39, 0.29) is 5.54 Å². The molecule has 1 saturated carbocycles. The predicted octanol–water partition coefficient (Wildman–Crippen LogP) is 4.32. The molecule has 0 saturated heterocycles. The van der Waals surface area contributed by atoms with Gasteiger partial charge < -0.3 is 5.73 Å². The Morgan fingerprint density at radius 3 is 2.10 bits per heavy atom. The van der Waals surface area contributed by atoms with Crippen LogP contribution in [0.5, 0.6) is 0 Å². The van der Waals surface area contributed by atoms with E-state index in [1.807, 2.05) is 24.3 Å². The third-order valence-electron chi connectivity index (χ3n) is 3.75. The maximum absolute atomic E-state index is 12.7. The number of hydrogen-bond acceptors (Lipinski definition) is 1. The first kappa shape index (κ1) is 13.2. The zero-order valence-corrected chi connectivity index (χ0v) is 10.7. The van der Waals surface area contributed by atoms with Gasteiger partial charge in [0.15, 0.2) is 0 Å². The Balaban J connectivity index is 2.01. The molecule has 1 fully saturated rings. The van der Waals surface area contributed by atoms with Crippen molar-refractivity contribution in [2.45, 2.75) is 24.6 Å². The topological polar surface area (TPSA) is 26.0 Å². The van der Waals surface area contributed by atoms with Crippen LogP contribution < -0.4 is 5.73 Å².